The number of nitrogens with zero attached hydrogens (tertiary/aromatic N) is 4. The van der Waals surface area contributed by atoms with Crippen LogP contribution in [0.5, 0.6) is 0 Å². The fourth-order valence-electron chi connectivity index (χ4n) is 3.62. The van der Waals surface area contributed by atoms with E-state index in [1.165, 1.54) is 12.7 Å². The van der Waals surface area contributed by atoms with Crippen LogP contribution in [0.1, 0.15) is 25.5 Å². The van der Waals surface area contributed by atoms with Crippen molar-refractivity contribution in [3.05, 3.63) is 12.7 Å². The van der Waals surface area contributed by atoms with E-state index in [9.17, 15) is 15.0 Å². The summed E-state index contributed by atoms with van der Waals surface area (Å²) < 4.78 is 18.2. The number of amides is 1. The first kappa shape index (κ1) is 20.9. The third-order valence-electron chi connectivity index (χ3n) is 5.22. The molecule has 2 aromatic rings. The molecule has 2 aromatic heterocycles. The lowest BCUT2D eigenvalue weighted by molar-refractivity contribution is -0.119. The smallest absolute Gasteiger partial charge is 0.238 e. The summed E-state index contributed by atoms with van der Waals surface area (Å²) in [6.07, 6.45) is 0.339. The maximum Gasteiger partial charge on any atom is 0.238 e. The van der Waals surface area contributed by atoms with Crippen LogP contribution < -0.4 is 11.1 Å². The molecule has 0 spiro atoms. The predicted octanol–water partition coefficient (Wildman–Crippen LogP) is -0.747. The van der Waals surface area contributed by atoms with Gasteiger partial charge in [-0.05, 0) is 12.8 Å². The molecule has 12 heteroatoms. The SMILES string of the molecule is [NH]C(=O)CCCOC[C@H]1O[C@@H](n2cnc3c(N[C@@H]4CCOC4)ncnc32)[C@H](O)[C@H]1O. The van der Waals surface area contributed by atoms with Crippen molar-refractivity contribution in [1.29, 1.82) is 0 Å². The minimum absolute atomic E-state index is 0.0526. The molecule has 0 aliphatic carbocycles. The van der Waals surface area contributed by atoms with Gasteiger partial charge in [0.25, 0.3) is 0 Å². The molecule has 0 aromatic carbocycles. The average Bonchev–Trinajstić information content (AvgIpc) is 3.44. The van der Waals surface area contributed by atoms with Gasteiger partial charge >= 0.3 is 0 Å². The highest BCUT2D eigenvalue weighted by Gasteiger charge is 2.44. The molecule has 12 nitrogen and oxygen atoms in total. The van der Waals surface area contributed by atoms with Gasteiger partial charge in [0.15, 0.2) is 23.2 Å². The van der Waals surface area contributed by atoms with E-state index in [4.69, 9.17) is 19.9 Å². The molecule has 0 saturated carbocycles. The van der Waals surface area contributed by atoms with Gasteiger partial charge in [-0.15, -0.1) is 0 Å². The number of hydrogen-bond donors (Lipinski definition) is 3. The second kappa shape index (κ2) is 9.18. The second-order valence-corrected chi connectivity index (χ2v) is 7.40. The quantitative estimate of drug-likeness (QED) is 0.439. The molecule has 163 valence electrons. The Hall–Kier alpha value is -2.38. The molecule has 4 rings (SSSR count). The molecule has 0 bridgehead atoms. The summed E-state index contributed by atoms with van der Waals surface area (Å²) in [5.74, 6) is -0.0689. The van der Waals surface area contributed by atoms with Crippen LogP contribution in [-0.2, 0) is 19.0 Å². The molecule has 2 fully saturated rings. The third-order valence-corrected chi connectivity index (χ3v) is 5.22. The Balaban J connectivity index is 1.43. The van der Waals surface area contributed by atoms with Crippen molar-refractivity contribution >= 4 is 22.9 Å². The van der Waals surface area contributed by atoms with Gasteiger partial charge in [-0.2, -0.15) is 0 Å². The fraction of sp³-hybridized carbons (Fsp3) is 0.667. The van der Waals surface area contributed by atoms with Gasteiger partial charge < -0.3 is 29.7 Å². The zero-order valence-corrected chi connectivity index (χ0v) is 16.3. The lowest BCUT2D eigenvalue weighted by Crippen LogP contribution is -2.34. The van der Waals surface area contributed by atoms with Crippen molar-refractivity contribution in [2.24, 2.45) is 0 Å². The van der Waals surface area contributed by atoms with Crippen molar-refractivity contribution in [3.63, 3.8) is 0 Å². The van der Waals surface area contributed by atoms with Crippen molar-refractivity contribution in [2.45, 2.75) is 49.8 Å². The summed E-state index contributed by atoms with van der Waals surface area (Å²) in [6.45, 7) is 1.61. The van der Waals surface area contributed by atoms with Gasteiger partial charge in [0.05, 0.1) is 25.6 Å². The average molecular weight is 421 g/mol. The standard InChI is InChI=1S/C18H25N6O6/c19-12(25)2-1-4-28-7-11-14(26)15(27)18(30-11)24-9-22-13-16(20-8-21-17(13)24)23-10-3-5-29-6-10/h8-11,14-15,18-19,26-27H,1-7H2,(H,20,21,23)/t10-,11-,14+,15-,18-/m1/s1. The monoisotopic (exact) mass is 421 g/mol. The van der Waals surface area contributed by atoms with Crippen molar-refractivity contribution in [3.8, 4) is 0 Å². The minimum atomic E-state index is -1.19. The van der Waals surface area contributed by atoms with Crippen LogP contribution in [0, 0.1) is 0 Å². The fourth-order valence-corrected chi connectivity index (χ4v) is 3.62. The number of aliphatic hydroxyl groups excluding tert-OH is 2. The highest BCUT2D eigenvalue weighted by Crippen LogP contribution is 2.32. The lowest BCUT2D eigenvalue weighted by atomic mass is 10.1. The first-order valence-corrected chi connectivity index (χ1v) is 9.90. The number of ether oxygens (including phenoxy) is 3. The summed E-state index contributed by atoms with van der Waals surface area (Å²) in [6, 6.07) is 0.148. The summed E-state index contributed by atoms with van der Waals surface area (Å²) in [4.78, 5) is 23.6. The number of carbonyl (C=O) groups is 1. The van der Waals surface area contributed by atoms with E-state index in [1.54, 1.807) is 4.57 Å². The Morgan fingerprint density at radius 1 is 1.33 bits per heavy atom. The summed E-state index contributed by atoms with van der Waals surface area (Å²) in [5, 5.41) is 24.2. The summed E-state index contributed by atoms with van der Waals surface area (Å²) >= 11 is 0. The number of carbonyl (C=O) groups excluding carboxylic acids is 1. The van der Waals surface area contributed by atoms with Gasteiger partial charge in [0.1, 0.15) is 24.6 Å². The van der Waals surface area contributed by atoms with Crippen LogP contribution in [0.3, 0.4) is 0 Å². The molecule has 4 N–H and O–H groups in total. The van der Waals surface area contributed by atoms with Gasteiger partial charge in [-0.3, -0.25) is 15.1 Å². The largest absolute Gasteiger partial charge is 0.387 e. The first-order valence-electron chi connectivity index (χ1n) is 9.90. The number of rotatable bonds is 9. The Kier molecular flexibility index (Phi) is 6.39. The topological polar surface area (TPSA) is 165 Å². The molecule has 1 radical (unpaired) electrons. The van der Waals surface area contributed by atoms with Crippen molar-refractivity contribution in [1.82, 2.24) is 25.3 Å². The van der Waals surface area contributed by atoms with Crippen LogP contribution in [0.15, 0.2) is 12.7 Å². The molecular formula is C18H25N6O6. The maximum atomic E-state index is 10.6. The number of fused-ring (bicyclic) bond motifs is 1. The zero-order chi connectivity index (χ0) is 21.1. The van der Waals surface area contributed by atoms with E-state index in [0.717, 1.165) is 6.42 Å². The Morgan fingerprint density at radius 3 is 2.97 bits per heavy atom. The highest BCUT2D eigenvalue weighted by atomic mass is 16.6. The maximum absolute atomic E-state index is 10.6. The van der Waals surface area contributed by atoms with Crippen molar-refractivity contribution in [2.75, 3.05) is 31.7 Å². The van der Waals surface area contributed by atoms with E-state index >= 15 is 0 Å². The molecule has 2 saturated heterocycles. The van der Waals surface area contributed by atoms with Crippen LogP contribution in [0.2, 0.25) is 0 Å². The Morgan fingerprint density at radius 2 is 2.20 bits per heavy atom. The Labute approximate surface area is 172 Å². The van der Waals surface area contributed by atoms with Crippen LogP contribution >= 0.6 is 0 Å². The predicted molar refractivity (Wildman–Crippen MR) is 102 cm³/mol. The number of hydrogen-bond acceptors (Lipinski definition) is 10. The molecule has 2 aliphatic rings. The number of nitrogens with one attached hydrogen (secondary N) is 2. The van der Waals surface area contributed by atoms with Gasteiger partial charge in [0.2, 0.25) is 5.91 Å². The Bertz CT molecular complexity index is 872. The van der Waals surface area contributed by atoms with Crippen LogP contribution in [0.4, 0.5) is 5.82 Å². The third kappa shape index (κ3) is 4.37. The lowest BCUT2D eigenvalue weighted by Gasteiger charge is -2.17. The van der Waals surface area contributed by atoms with E-state index < -0.39 is 30.4 Å². The molecular weight excluding hydrogens is 396 g/mol. The summed E-state index contributed by atoms with van der Waals surface area (Å²) in [7, 11) is 0. The number of imidazole rings is 1. The molecule has 1 amide bonds. The van der Waals surface area contributed by atoms with Gasteiger partial charge in [-0.1, -0.05) is 0 Å². The first-order chi connectivity index (χ1) is 14.5. The van der Waals surface area contributed by atoms with E-state index in [1.807, 2.05) is 0 Å². The zero-order valence-electron chi connectivity index (χ0n) is 16.3. The van der Waals surface area contributed by atoms with E-state index in [-0.39, 0.29) is 25.7 Å². The number of aromatic nitrogens is 4. The highest BCUT2D eigenvalue weighted by molar-refractivity contribution is 5.82. The van der Waals surface area contributed by atoms with Crippen LogP contribution in [-0.4, -0.2) is 86.4 Å². The van der Waals surface area contributed by atoms with Crippen LogP contribution in [0.25, 0.3) is 11.2 Å². The molecule has 5 atom stereocenters. The normalized spacial score (nSPS) is 28.9. The van der Waals surface area contributed by atoms with E-state index in [0.29, 0.717) is 36.6 Å². The van der Waals surface area contributed by atoms with Gasteiger partial charge in [0, 0.05) is 19.6 Å². The van der Waals surface area contributed by atoms with Gasteiger partial charge in [-0.25, -0.2) is 15.0 Å². The minimum Gasteiger partial charge on any atom is -0.387 e. The summed E-state index contributed by atoms with van der Waals surface area (Å²) in [5.41, 5.74) is 7.87. The molecule has 30 heavy (non-hydrogen) atoms. The number of anilines is 1. The molecule has 2 aliphatic heterocycles. The number of aliphatic hydroxyl groups is 2. The second-order valence-electron chi connectivity index (χ2n) is 7.40. The van der Waals surface area contributed by atoms with E-state index in [2.05, 4.69) is 20.3 Å². The molecule has 0 unspecified atom stereocenters. The van der Waals surface area contributed by atoms with Crippen molar-refractivity contribution < 1.29 is 29.2 Å². The molecule has 4 heterocycles.